The number of nitrogens with zero attached hydrogens (tertiary/aromatic N) is 12. The number of carbonyl (C=O) groups is 1. The third-order valence-electron chi connectivity index (χ3n) is 13.0. The molecule has 5 fully saturated rings. The summed E-state index contributed by atoms with van der Waals surface area (Å²) in [5, 5.41) is 10.1. The number of nitrogens with two attached hydrogens (primary N) is 2. The van der Waals surface area contributed by atoms with Gasteiger partial charge in [-0.1, -0.05) is 5.16 Å². The lowest BCUT2D eigenvalue weighted by Crippen LogP contribution is -2.73. The SMILES string of the molecule is CC(C)(C)n1nc(-c2noc(C3CC3)c2-c2ncc(N3CC4(CN(C(=O)OCCN5CCC(N6CCN(c7c(F)cc(N)cc7F)CC6)CC5)C4)C3)cn2)c2c(N)ncnc21. The number of aromatic nitrogens is 7. The number of anilines is 4. The van der Waals surface area contributed by atoms with Crippen molar-refractivity contribution in [3.05, 3.63) is 48.2 Å². The molecule has 0 unspecified atom stereocenters. The summed E-state index contributed by atoms with van der Waals surface area (Å²) in [6.07, 6.45) is 8.89. The van der Waals surface area contributed by atoms with E-state index in [2.05, 4.69) is 50.6 Å². The van der Waals surface area contributed by atoms with E-state index in [1.54, 1.807) is 9.80 Å². The second-order valence-corrected chi connectivity index (χ2v) is 18.5. The molecule has 1 aliphatic carbocycles. The van der Waals surface area contributed by atoms with Gasteiger partial charge in [0.15, 0.2) is 28.9 Å². The Morgan fingerprint density at radius 1 is 0.885 bits per heavy atom. The van der Waals surface area contributed by atoms with Crippen molar-refractivity contribution >= 4 is 40.0 Å². The number of benzene rings is 1. The normalized spacial score (nSPS) is 20.0. The molecule has 10 rings (SSSR count). The first kappa shape index (κ1) is 39.4. The van der Waals surface area contributed by atoms with E-state index >= 15 is 0 Å². The van der Waals surface area contributed by atoms with Crippen molar-refractivity contribution in [3.63, 3.8) is 0 Å². The van der Waals surface area contributed by atoms with Crippen molar-refractivity contribution < 1.29 is 22.8 Å². The van der Waals surface area contributed by atoms with Gasteiger partial charge in [0.05, 0.1) is 34.6 Å². The highest BCUT2D eigenvalue weighted by atomic mass is 19.1. The zero-order valence-electron chi connectivity index (χ0n) is 34.9. The number of amides is 1. The molecule has 61 heavy (non-hydrogen) atoms. The van der Waals surface area contributed by atoms with Gasteiger partial charge in [0, 0.05) is 82.0 Å². The first-order valence-corrected chi connectivity index (χ1v) is 21.3. The minimum atomic E-state index is -0.612. The molecule has 4 aliphatic heterocycles. The molecule has 17 nitrogen and oxygen atoms in total. The zero-order valence-corrected chi connectivity index (χ0v) is 34.9. The monoisotopic (exact) mass is 838 g/mol. The molecule has 5 aromatic rings. The van der Waals surface area contributed by atoms with E-state index in [9.17, 15) is 13.6 Å². The van der Waals surface area contributed by atoms with Crippen LogP contribution in [0.25, 0.3) is 33.8 Å². The first-order valence-electron chi connectivity index (χ1n) is 21.3. The van der Waals surface area contributed by atoms with Crippen molar-refractivity contribution in [1.29, 1.82) is 0 Å². The Balaban J connectivity index is 0.687. The van der Waals surface area contributed by atoms with Crippen LogP contribution in [0.4, 0.5) is 36.5 Å². The highest BCUT2D eigenvalue weighted by molar-refractivity contribution is 6.00. The van der Waals surface area contributed by atoms with Crippen LogP contribution in [0.15, 0.2) is 35.4 Å². The molecule has 0 atom stereocenters. The van der Waals surface area contributed by atoms with Crippen LogP contribution in [0.2, 0.25) is 0 Å². The van der Waals surface area contributed by atoms with Gasteiger partial charge in [0.25, 0.3) is 0 Å². The number of ether oxygens (including phenoxy) is 1. The molecule has 19 heteroatoms. The largest absolute Gasteiger partial charge is 0.448 e. The molecule has 0 bridgehead atoms. The second kappa shape index (κ2) is 15.0. The van der Waals surface area contributed by atoms with E-state index in [1.165, 1.54) is 18.5 Å². The quantitative estimate of drug-likeness (QED) is 0.197. The van der Waals surface area contributed by atoms with Gasteiger partial charge in [-0.3, -0.25) is 9.80 Å². The van der Waals surface area contributed by atoms with Gasteiger partial charge in [-0.25, -0.2) is 38.2 Å². The summed E-state index contributed by atoms with van der Waals surface area (Å²) in [6, 6.07) is 2.79. The predicted octanol–water partition coefficient (Wildman–Crippen LogP) is 4.56. The smallest absolute Gasteiger partial charge is 0.409 e. The zero-order chi connectivity index (χ0) is 42.2. The number of carbonyl (C=O) groups excluding carboxylic acids is 1. The van der Waals surface area contributed by atoms with Crippen LogP contribution >= 0.6 is 0 Å². The summed E-state index contributed by atoms with van der Waals surface area (Å²) in [7, 11) is 0. The van der Waals surface area contributed by atoms with Crippen molar-refractivity contribution in [2.75, 3.05) is 99.9 Å². The summed E-state index contributed by atoms with van der Waals surface area (Å²) < 4.78 is 42.5. The fourth-order valence-corrected chi connectivity index (χ4v) is 9.62. The number of nitrogen functional groups attached to an aromatic ring is 2. The highest BCUT2D eigenvalue weighted by Crippen LogP contribution is 2.48. The summed E-state index contributed by atoms with van der Waals surface area (Å²) in [5.74, 6) is 0.600. The average Bonchev–Trinajstić information content (AvgIpc) is 3.82. The number of rotatable bonds is 9. The van der Waals surface area contributed by atoms with Gasteiger partial charge in [-0.05, 0) is 71.7 Å². The van der Waals surface area contributed by atoms with E-state index in [4.69, 9.17) is 35.8 Å². The Hall–Kier alpha value is -5.69. The van der Waals surface area contributed by atoms with Crippen LogP contribution in [0.3, 0.4) is 0 Å². The number of fused-ring (bicyclic) bond motifs is 1. The molecule has 4 N–H and O–H groups in total. The van der Waals surface area contributed by atoms with Gasteiger partial charge in [0.2, 0.25) is 0 Å². The Morgan fingerprint density at radius 3 is 2.23 bits per heavy atom. The third kappa shape index (κ3) is 7.34. The maximum Gasteiger partial charge on any atom is 0.409 e. The molecule has 4 saturated heterocycles. The lowest BCUT2D eigenvalue weighted by molar-refractivity contribution is -0.0229. The Labute approximate surface area is 352 Å². The topological polar surface area (TPSA) is 190 Å². The molecule has 5 aliphatic rings. The van der Waals surface area contributed by atoms with Crippen molar-refractivity contribution in [2.45, 2.75) is 64.0 Å². The maximum absolute atomic E-state index is 14.5. The van der Waals surface area contributed by atoms with Crippen molar-refractivity contribution in [1.82, 2.24) is 49.6 Å². The number of piperidine rings is 1. The van der Waals surface area contributed by atoms with Crippen LogP contribution in [0.5, 0.6) is 0 Å². The van der Waals surface area contributed by atoms with E-state index < -0.39 is 11.6 Å². The minimum absolute atomic E-state index is 0.0132. The van der Waals surface area contributed by atoms with Gasteiger partial charge < -0.3 is 35.4 Å². The minimum Gasteiger partial charge on any atom is -0.448 e. The molecular weight excluding hydrogens is 787 g/mol. The van der Waals surface area contributed by atoms with Gasteiger partial charge in [-0.15, -0.1) is 0 Å². The Bertz CT molecular complexity index is 2410. The summed E-state index contributed by atoms with van der Waals surface area (Å²) >= 11 is 0. The lowest BCUT2D eigenvalue weighted by Gasteiger charge is -2.60. The van der Waals surface area contributed by atoms with Crippen LogP contribution in [0.1, 0.15) is 58.1 Å². The molecule has 4 aromatic heterocycles. The molecule has 1 amide bonds. The predicted molar refractivity (Wildman–Crippen MR) is 225 cm³/mol. The van der Waals surface area contributed by atoms with Crippen LogP contribution in [0, 0.1) is 17.0 Å². The number of likely N-dealkylation sites (tertiary alicyclic amines) is 2. The number of hydrogen-bond donors (Lipinski definition) is 2. The lowest BCUT2D eigenvalue weighted by atomic mass is 9.73. The Morgan fingerprint density at radius 2 is 1.57 bits per heavy atom. The first-order chi connectivity index (χ1) is 29.3. The Kier molecular flexibility index (Phi) is 9.72. The van der Waals surface area contributed by atoms with Crippen molar-refractivity contribution in [3.8, 4) is 22.8 Å². The van der Waals surface area contributed by atoms with E-state index in [-0.39, 0.29) is 34.3 Å². The van der Waals surface area contributed by atoms with Crippen LogP contribution in [-0.4, -0.2) is 140 Å². The van der Waals surface area contributed by atoms with Gasteiger partial charge >= 0.3 is 6.09 Å². The highest BCUT2D eigenvalue weighted by Gasteiger charge is 2.54. The van der Waals surface area contributed by atoms with E-state index in [1.807, 2.05) is 17.1 Å². The number of piperazine rings is 1. The summed E-state index contributed by atoms with van der Waals surface area (Å²) in [6.45, 7) is 14.6. The number of halogens is 2. The molecular formula is C42H52F2N14O3. The maximum atomic E-state index is 14.5. The van der Waals surface area contributed by atoms with Gasteiger partial charge in [-0.2, -0.15) is 5.10 Å². The second-order valence-electron chi connectivity index (χ2n) is 18.5. The summed E-state index contributed by atoms with van der Waals surface area (Å²) in [4.78, 5) is 42.0. The van der Waals surface area contributed by atoms with Gasteiger partial charge in [0.1, 0.15) is 35.8 Å². The van der Waals surface area contributed by atoms with Crippen LogP contribution in [-0.2, 0) is 10.3 Å². The summed E-state index contributed by atoms with van der Waals surface area (Å²) in [5.41, 5.74) is 15.1. The van der Waals surface area contributed by atoms with E-state index in [0.717, 1.165) is 82.0 Å². The third-order valence-corrected chi connectivity index (χ3v) is 13.0. The standard InChI is InChI=1S/C42H52F2N14O3/c1-41(2,3)58-39-32(37(46)49-24-50-39)33(51-58)34-31(36(61-52-34)25-4-5-25)38-47-18-28(19-48-38)56-20-42(21-56)22-57(23-42)40(59)60-15-14-53-8-6-27(7-9-53)54-10-12-55(13-11-54)35-29(43)16-26(45)17-30(35)44/h16-19,24-25,27H,4-15,20-23,45H2,1-3H3,(H2,46,49,50). The molecule has 1 spiro atoms. The molecule has 8 heterocycles. The number of hydrogen-bond acceptors (Lipinski definition) is 15. The molecule has 322 valence electrons. The van der Waals surface area contributed by atoms with Crippen LogP contribution < -0.4 is 21.3 Å². The van der Waals surface area contributed by atoms with E-state index in [0.29, 0.717) is 79.4 Å². The fourth-order valence-electron chi connectivity index (χ4n) is 9.62. The fraction of sp³-hybridized carbons (Fsp3) is 0.548. The molecule has 1 saturated carbocycles. The molecule has 0 radical (unpaired) electrons. The molecule has 1 aromatic carbocycles. The van der Waals surface area contributed by atoms with Crippen molar-refractivity contribution in [2.24, 2.45) is 5.41 Å². The average molecular weight is 839 g/mol.